The Morgan fingerprint density at radius 1 is 1.09 bits per heavy atom. The van der Waals surface area contributed by atoms with E-state index in [1.165, 1.54) is 5.57 Å². The van der Waals surface area contributed by atoms with Gasteiger partial charge in [0, 0.05) is 47.6 Å². The van der Waals surface area contributed by atoms with Gasteiger partial charge in [-0.2, -0.15) is 5.10 Å². The maximum absolute atomic E-state index is 13.4. The van der Waals surface area contributed by atoms with E-state index in [9.17, 15) is 4.79 Å². The lowest BCUT2D eigenvalue weighted by atomic mass is 9.90. The molecule has 2 aromatic carbocycles. The number of fused-ring (bicyclic) bond motifs is 2. The Balaban J connectivity index is 1.69. The third-order valence-electron chi connectivity index (χ3n) is 6.51. The molecule has 8 heteroatoms. The van der Waals surface area contributed by atoms with E-state index in [2.05, 4.69) is 44.3 Å². The monoisotopic (exact) mass is 449 g/mol. The molecule has 0 amide bonds. The summed E-state index contributed by atoms with van der Waals surface area (Å²) in [6, 6.07) is 11.7. The summed E-state index contributed by atoms with van der Waals surface area (Å²) in [5, 5.41) is 8.57. The standard InChI is InChI=1S/C26H23N7O/c1-33-11-7-15(8-12-33)18-13-19(17-3-2-4-21-20(17)14-29-32-21)23(27)22-24(18)30-25(31-26(22)34)16-5-9-28-10-6-16/h2-7,9-10,13-14H,8,11-12,27H2,1H3,(H,29,32)(H,30,31,34). The Morgan fingerprint density at radius 3 is 2.74 bits per heavy atom. The lowest BCUT2D eigenvalue weighted by Crippen LogP contribution is -2.24. The zero-order chi connectivity index (χ0) is 23.2. The summed E-state index contributed by atoms with van der Waals surface area (Å²) < 4.78 is 0. The molecule has 168 valence electrons. The average Bonchev–Trinajstić information content (AvgIpc) is 3.35. The van der Waals surface area contributed by atoms with Crippen LogP contribution in [-0.4, -0.2) is 50.2 Å². The first kappa shape index (κ1) is 20.3. The fraction of sp³-hybridized carbons (Fsp3) is 0.154. The van der Waals surface area contributed by atoms with Gasteiger partial charge in [-0.15, -0.1) is 0 Å². The van der Waals surface area contributed by atoms with E-state index in [-0.39, 0.29) is 5.56 Å². The van der Waals surface area contributed by atoms with E-state index in [0.717, 1.165) is 52.7 Å². The van der Waals surface area contributed by atoms with Crippen LogP contribution in [0.4, 0.5) is 5.69 Å². The number of benzene rings is 2. The van der Waals surface area contributed by atoms with Crippen molar-refractivity contribution in [3.63, 3.8) is 0 Å². The molecule has 0 saturated carbocycles. The summed E-state index contributed by atoms with van der Waals surface area (Å²) >= 11 is 0. The predicted octanol–water partition coefficient (Wildman–Crippen LogP) is 3.83. The molecule has 0 bridgehead atoms. The summed E-state index contributed by atoms with van der Waals surface area (Å²) in [5.41, 5.74) is 13.0. The van der Waals surface area contributed by atoms with Gasteiger partial charge in [0.25, 0.3) is 5.56 Å². The number of nitrogens with one attached hydrogen (secondary N) is 2. The zero-order valence-electron chi connectivity index (χ0n) is 18.7. The highest BCUT2D eigenvalue weighted by Gasteiger charge is 2.21. The molecule has 0 fully saturated rings. The Labute approximate surface area is 195 Å². The van der Waals surface area contributed by atoms with Crippen molar-refractivity contribution in [3.05, 3.63) is 77.0 Å². The maximum Gasteiger partial charge on any atom is 0.261 e. The van der Waals surface area contributed by atoms with Crippen molar-refractivity contribution in [2.45, 2.75) is 6.42 Å². The molecular weight excluding hydrogens is 426 g/mol. The van der Waals surface area contributed by atoms with Crippen molar-refractivity contribution in [3.8, 4) is 22.5 Å². The van der Waals surface area contributed by atoms with E-state index >= 15 is 0 Å². The quantitative estimate of drug-likeness (QED) is 0.361. The summed E-state index contributed by atoms with van der Waals surface area (Å²) in [7, 11) is 2.10. The average molecular weight is 450 g/mol. The highest BCUT2D eigenvalue weighted by molar-refractivity contribution is 6.08. The van der Waals surface area contributed by atoms with Crippen LogP contribution in [0.2, 0.25) is 0 Å². The minimum Gasteiger partial charge on any atom is -0.398 e. The van der Waals surface area contributed by atoms with Crippen molar-refractivity contribution >= 4 is 33.1 Å². The highest BCUT2D eigenvalue weighted by atomic mass is 16.1. The summed E-state index contributed by atoms with van der Waals surface area (Å²) in [6.07, 6.45) is 8.24. The minimum absolute atomic E-state index is 0.259. The van der Waals surface area contributed by atoms with Gasteiger partial charge >= 0.3 is 0 Å². The molecule has 6 rings (SSSR count). The van der Waals surface area contributed by atoms with Crippen molar-refractivity contribution in [2.24, 2.45) is 0 Å². The molecule has 1 aliphatic heterocycles. The molecule has 0 unspecified atom stereocenters. The number of anilines is 1. The number of hydrogen-bond donors (Lipinski definition) is 3. The van der Waals surface area contributed by atoms with Crippen LogP contribution in [0.5, 0.6) is 0 Å². The van der Waals surface area contributed by atoms with E-state index in [4.69, 9.17) is 10.7 Å². The van der Waals surface area contributed by atoms with Gasteiger partial charge in [0.05, 0.1) is 28.3 Å². The molecule has 3 aromatic heterocycles. The topological polar surface area (TPSA) is 117 Å². The number of aromatic amines is 2. The van der Waals surface area contributed by atoms with Gasteiger partial charge in [0.2, 0.25) is 0 Å². The number of nitrogens with two attached hydrogens (primary N) is 1. The molecule has 0 spiro atoms. The van der Waals surface area contributed by atoms with Crippen molar-refractivity contribution in [2.75, 3.05) is 25.9 Å². The van der Waals surface area contributed by atoms with Crippen LogP contribution < -0.4 is 11.3 Å². The summed E-state index contributed by atoms with van der Waals surface area (Å²) in [5.74, 6) is 0.499. The highest BCUT2D eigenvalue weighted by Crippen LogP contribution is 2.39. The first-order valence-electron chi connectivity index (χ1n) is 11.2. The van der Waals surface area contributed by atoms with Crippen LogP contribution >= 0.6 is 0 Å². The molecule has 5 aromatic rings. The van der Waals surface area contributed by atoms with Gasteiger partial charge < -0.3 is 15.6 Å². The Hall–Kier alpha value is -4.30. The van der Waals surface area contributed by atoms with Crippen molar-refractivity contribution in [1.29, 1.82) is 0 Å². The van der Waals surface area contributed by atoms with E-state index in [1.807, 2.05) is 30.3 Å². The largest absolute Gasteiger partial charge is 0.398 e. The third kappa shape index (κ3) is 3.27. The number of hydrogen-bond acceptors (Lipinski definition) is 6. The number of likely N-dealkylation sites (N-methyl/N-ethyl adjacent to an activating group) is 1. The third-order valence-corrected chi connectivity index (χ3v) is 6.51. The van der Waals surface area contributed by atoms with Crippen LogP contribution in [-0.2, 0) is 0 Å². The van der Waals surface area contributed by atoms with E-state index in [0.29, 0.717) is 22.4 Å². The minimum atomic E-state index is -0.259. The molecule has 4 N–H and O–H groups in total. The second kappa shape index (κ2) is 7.93. The molecule has 4 heterocycles. The Bertz CT molecular complexity index is 1630. The van der Waals surface area contributed by atoms with Gasteiger partial charge in [-0.25, -0.2) is 4.98 Å². The fourth-order valence-corrected chi connectivity index (χ4v) is 4.68. The Kier molecular flexibility index (Phi) is 4.74. The number of nitrogens with zero attached hydrogens (tertiary/aromatic N) is 4. The van der Waals surface area contributed by atoms with Gasteiger partial charge in [0.15, 0.2) is 0 Å². The van der Waals surface area contributed by atoms with E-state index < -0.39 is 0 Å². The summed E-state index contributed by atoms with van der Waals surface area (Å²) in [6.45, 7) is 1.78. The normalized spacial score (nSPS) is 14.6. The molecular formula is C26H23N7O. The molecule has 0 saturated heterocycles. The fourth-order valence-electron chi connectivity index (χ4n) is 4.68. The molecule has 8 nitrogen and oxygen atoms in total. The first-order chi connectivity index (χ1) is 16.6. The van der Waals surface area contributed by atoms with Crippen LogP contribution in [0, 0.1) is 0 Å². The number of pyridine rings is 1. The number of aromatic nitrogens is 5. The molecule has 0 radical (unpaired) electrons. The van der Waals surface area contributed by atoms with Crippen LogP contribution in [0.25, 0.3) is 49.9 Å². The Morgan fingerprint density at radius 2 is 1.94 bits per heavy atom. The van der Waals surface area contributed by atoms with Crippen LogP contribution in [0.15, 0.2) is 65.9 Å². The lowest BCUT2D eigenvalue weighted by molar-refractivity contribution is 0.370. The molecule has 1 aliphatic rings. The molecule has 0 atom stereocenters. The number of nitrogen functional groups attached to an aromatic ring is 1. The predicted molar refractivity (Wildman–Crippen MR) is 135 cm³/mol. The second-order valence-electron chi connectivity index (χ2n) is 8.64. The smallest absolute Gasteiger partial charge is 0.261 e. The van der Waals surface area contributed by atoms with Crippen molar-refractivity contribution < 1.29 is 0 Å². The van der Waals surface area contributed by atoms with Gasteiger partial charge in [-0.3, -0.25) is 14.9 Å². The first-order valence-corrected chi connectivity index (χ1v) is 11.2. The zero-order valence-corrected chi connectivity index (χ0v) is 18.7. The van der Waals surface area contributed by atoms with Gasteiger partial charge in [-0.1, -0.05) is 18.2 Å². The lowest BCUT2D eigenvalue weighted by Gasteiger charge is -2.23. The maximum atomic E-state index is 13.4. The van der Waals surface area contributed by atoms with E-state index in [1.54, 1.807) is 18.6 Å². The number of rotatable bonds is 3. The summed E-state index contributed by atoms with van der Waals surface area (Å²) in [4.78, 5) is 27.6. The number of H-pyrrole nitrogens is 2. The SMILES string of the molecule is CN1CC=C(c2cc(-c3cccc4[nH]ncc34)c(N)c3c(=O)[nH]c(-c4ccncc4)nc23)CC1. The molecule has 34 heavy (non-hydrogen) atoms. The van der Waals surface area contributed by atoms with Gasteiger partial charge in [0.1, 0.15) is 5.82 Å². The van der Waals surface area contributed by atoms with Crippen LogP contribution in [0.1, 0.15) is 12.0 Å². The van der Waals surface area contributed by atoms with Crippen molar-refractivity contribution in [1.82, 2.24) is 30.0 Å². The van der Waals surface area contributed by atoms with Gasteiger partial charge in [-0.05, 0) is 48.9 Å². The van der Waals surface area contributed by atoms with Crippen LogP contribution in [0.3, 0.4) is 0 Å². The second-order valence-corrected chi connectivity index (χ2v) is 8.64. The molecule has 0 aliphatic carbocycles.